The van der Waals surface area contributed by atoms with Crippen LogP contribution in [-0.4, -0.2) is 0 Å². The van der Waals surface area contributed by atoms with Gasteiger partial charge in [-0.2, -0.15) is 0 Å². The van der Waals surface area contributed by atoms with Crippen LogP contribution in [-0.2, 0) is 0 Å². The first-order valence-electron chi connectivity index (χ1n) is 4.35. The zero-order valence-corrected chi connectivity index (χ0v) is 8.31. The number of nitrogens with two attached hydrogens (primary N) is 1. The van der Waals surface area contributed by atoms with Gasteiger partial charge in [-0.05, 0) is 24.6 Å². The summed E-state index contributed by atoms with van der Waals surface area (Å²) in [5, 5.41) is 0.531. The quantitative estimate of drug-likeness (QED) is 0.798. The maximum Gasteiger partial charge on any atom is 0.128 e. The normalized spacial score (nSPS) is 12.9. The van der Waals surface area contributed by atoms with Crippen LogP contribution in [0.15, 0.2) is 18.2 Å². The van der Waals surface area contributed by atoms with E-state index < -0.39 is 0 Å². The maximum absolute atomic E-state index is 13.2. The Morgan fingerprint density at radius 2 is 2.23 bits per heavy atom. The van der Waals surface area contributed by atoms with Crippen LogP contribution in [0.2, 0.25) is 5.02 Å². The first kappa shape index (κ1) is 10.5. The minimum Gasteiger partial charge on any atom is -0.324 e. The molecule has 0 heterocycles. The van der Waals surface area contributed by atoms with Crippen molar-refractivity contribution < 1.29 is 4.39 Å². The molecule has 1 nitrogen and oxygen atoms in total. The Morgan fingerprint density at radius 3 is 2.85 bits per heavy atom. The molecule has 0 fully saturated rings. The van der Waals surface area contributed by atoms with Gasteiger partial charge in [0, 0.05) is 16.6 Å². The van der Waals surface area contributed by atoms with Gasteiger partial charge in [0.2, 0.25) is 0 Å². The van der Waals surface area contributed by atoms with E-state index in [1.165, 1.54) is 12.1 Å². The van der Waals surface area contributed by atoms with Crippen LogP contribution in [0.1, 0.15) is 31.4 Å². The van der Waals surface area contributed by atoms with Crippen LogP contribution in [0.4, 0.5) is 4.39 Å². The second-order valence-electron chi connectivity index (χ2n) is 3.06. The lowest BCUT2D eigenvalue weighted by molar-refractivity contribution is 0.560. The van der Waals surface area contributed by atoms with Crippen molar-refractivity contribution in [2.24, 2.45) is 5.73 Å². The molecule has 0 unspecified atom stereocenters. The van der Waals surface area contributed by atoms with E-state index in [-0.39, 0.29) is 11.9 Å². The summed E-state index contributed by atoms with van der Waals surface area (Å²) in [7, 11) is 0. The Labute approximate surface area is 82.7 Å². The van der Waals surface area contributed by atoms with Crippen LogP contribution in [0.3, 0.4) is 0 Å². The maximum atomic E-state index is 13.2. The molecule has 2 N–H and O–H groups in total. The summed E-state index contributed by atoms with van der Waals surface area (Å²) in [6, 6.07) is 4.23. The molecule has 0 aliphatic heterocycles. The molecule has 0 saturated carbocycles. The van der Waals surface area contributed by atoms with Crippen molar-refractivity contribution in [1.29, 1.82) is 0 Å². The van der Waals surface area contributed by atoms with Gasteiger partial charge in [0.05, 0.1) is 0 Å². The topological polar surface area (TPSA) is 26.0 Å². The molecule has 1 rings (SSSR count). The fourth-order valence-corrected chi connectivity index (χ4v) is 1.45. The average molecular weight is 202 g/mol. The van der Waals surface area contributed by atoms with Crippen molar-refractivity contribution in [3.8, 4) is 0 Å². The van der Waals surface area contributed by atoms with Crippen molar-refractivity contribution in [1.82, 2.24) is 0 Å². The number of benzene rings is 1. The molecule has 1 atom stereocenters. The standard InChI is InChI=1S/C10H13ClFN/c1-2-3-10(13)8-6-7(11)4-5-9(8)12/h4-6,10H,2-3,13H2,1H3/t10-/m0/s1. The average Bonchev–Trinajstić information content (AvgIpc) is 2.09. The van der Waals surface area contributed by atoms with E-state index in [4.69, 9.17) is 17.3 Å². The summed E-state index contributed by atoms with van der Waals surface area (Å²) in [4.78, 5) is 0. The number of hydrogen-bond donors (Lipinski definition) is 1. The Balaban J connectivity index is 2.91. The number of halogens is 2. The molecule has 0 spiro atoms. The Morgan fingerprint density at radius 1 is 1.54 bits per heavy atom. The molecule has 0 aliphatic rings. The van der Waals surface area contributed by atoms with Gasteiger partial charge in [-0.3, -0.25) is 0 Å². The summed E-state index contributed by atoms with van der Waals surface area (Å²) in [5.74, 6) is -0.273. The largest absolute Gasteiger partial charge is 0.324 e. The molecule has 1 aromatic carbocycles. The van der Waals surface area contributed by atoms with Gasteiger partial charge in [-0.1, -0.05) is 24.9 Å². The summed E-state index contributed by atoms with van der Waals surface area (Å²) in [5.41, 5.74) is 6.29. The zero-order chi connectivity index (χ0) is 9.84. The van der Waals surface area contributed by atoms with Crippen LogP contribution in [0.25, 0.3) is 0 Å². The first-order valence-corrected chi connectivity index (χ1v) is 4.73. The third-order valence-corrected chi connectivity index (χ3v) is 2.19. The van der Waals surface area contributed by atoms with E-state index >= 15 is 0 Å². The number of hydrogen-bond acceptors (Lipinski definition) is 1. The summed E-state index contributed by atoms with van der Waals surface area (Å²) < 4.78 is 13.2. The van der Waals surface area contributed by atoms with E-state index in [2.05, 4.69) is 0 Å². The van der Waals surface area contributed by atoms with E-state index in [9.17, 15) is 4.39 Å². The molecule has 72 valence electrons. The third kappa shape index (κ3) is 2.68. The lowest BCUT2D eigenvalue weighted by Crippen LogP contribution is -2.11. The second-order valence-corrected chi connectivity index (χ2v) is 3.50. The minimum absolute atomic E-state index is 0.247. The highest BCUT2D eigenvalue weighted by molar-refractivity contribution is 6.30. The molecular weight excluding hydrogens is 189 g/mol. The van der Waals surface area contributed by atoms with Crippen molar-refractivity contribution in [3.05, 3.63) is 34.6 Å². The van der Waals surface area contributed by atoms with Crippen molar-refractivity contribution >= 4 is 11.6 Å². The highest BCUT2D eigenvalue weighted by atomic mass is 35.5. The molecule has 3 heteroatoms. The highest BCUT2D eigenvalue weighted by Crippen LogP contribution is 2.22. The van der Waals surface area contributed by atoms with Crippen LogP contribution < -0.4 is 5.73 Å². The predicted molar refractivity (Wildman–Crippen MR) is 53.2 cm³/mol. The van der Waals surface area contributed by atoms with E-state index in [1.54, 1.807) is 6.07 Å². The summed E-state index contributed by atoms with van der Waals surface area (Å²) in [6.45, 7) is 2.02. The lowest BCUT2D eigenvalue weighted by atomic mass is 10.0. The van der Waals surface area contributed by atoms with Crippen LogP contribution in [0, 0.1) is 5.82 Å². The van der Waals surface area contributed by atoms with Crippen molar-refractivity contribution in [2.45, 2.75) is 25.8 Å². The third-order valence-electron chi connectivity index (χ3n) is 1.96. The summed E-state index contributed by atoms with van der Waals surface area (Å²) in [6.07, 6.45) is 1.71. The van der Waals surface area contributed by atoms with Crippen molar-refractivity contribution in [3.63, 3.8) is 0 Å². The molecule has 0 bridgehead atoms. The SMILES string of the molecule is CCC[C@H](N)c1cc(Cl)ccc1F. The highest BCUT2D eigenvalue weighted by Gasteiger charge is 2.10. The molecule has 0 radical (unpaired) electrons. The number of rotatable bonds is 3. The van der Waals surface area contributed by atoms with Gasteiger partial charge in [0.1, 0.15) is 5.82 Å². The van der Waals surface area contributed by atoms with Gasteiger partial charge in [0.25, 0.3) is 0 Å². The molecule has 0 saturated heterocycles. The fourth-order valence-electron chi connectivity index (χ4n) is 1.27. The molecule has 0 aliphatic carbocycles. The van der Waals surface area contributed by atoms with Crippen LogP contribution in [0.5, 0.6) is 0 Å². The van der Waals surface area contributed by atoms with Crippen LogP contribution >= 0.6 is 11.6 Å². The Bertz CT molecular complexity index is 288. The molecule has 1 aromatic rings. The Kier molecular flexibility index (Phi) is 3.70. The van der Waals surface area contributed by atoms with Gasteiger partial charge >= 0.3 is 0 Å². The van der Waals surface area contributed by atoms with Gasteiger partial charge < -0.3 is 5.73 Å². The smallest absolute Gasteiger partial charge is 0.128 e. The van der Waals surface area contributed by atoms with E-state index in [0.717, 1.165) is 12.8 Å². The molecule has 0 aromatic heterocycles. The van der Waals surface area contributed by atoms with Gasteiger partial charge in [-0.25, -0.2) is 4.39 Å². The molecular formula is C10H13ClFN. The zero-order valence-electron chi connectivity index (χ0n) is 7.56. The van der Waals surface area contributed by atoms with Crippen molar-refractivity contribution in [2.75, 3.05) is 0 Å². The first-order chi connectivity index (χ1) is 6.15. The fraction of sp³-hybridized carbons (Fsp3) is 0.400. The van der Waals surface area contributed by atoms with E-state index in [1.807, 2.05) is 6.92 Å². The molecule has 13 heavy (non-hydrogen) atoms. The minimum atomic E-state index is -0.273. The Hall–Kier alpha value is -0.600. The predicted octanol–water partition coefficient (Wildman–Crippen LogP) is 3.28. The summed E-state index contributed by atoms with van der Waals surface area (Å²) >= 11 is 5.74. The van der Waals surface area contributed by atoms with E-state index in [0.29, 0.717) is 10.6 Å². The lowest BCUT2D eigenvalue weighted by Gasteiger charge is -2.11. The molecule has 0 amide bonds. The van der Waals surface area contributed by atoms with Gasteiger partial charge in [-0.15, -0.1) is 0 Å². The second kappa shape index (κ2) is 4.58. The monoisotopic (exact) mass is 201 g/mol. The van der Waals surface area contributed by atoms with Gasteiger partial charge in [0.15, 0.2) is 0 Å².